The van der Waals surface area contributed by atoms with E-state index in [1.54, 1.807) is 30.3 Å². The van der Waals surface area contributed by atoms with Crippen molar-refractivity contribution in [3.8, 4) is 11.5 Å². The Morgan fingerprint density at radius 2 is 1.78 bits per heavy atom. The SMILES string of the molecule is CCCOc1ccc(/C=N\NC(=O)CN(c2ccc(CC)cc2)S(C)(=O)=O)cc1OCC. The van der Waals surface area contributed by atoms with E-state index in [-0.39, 0.29) is 6.54 Å². The number of hydrogen-bond acceptors (Lipinski definition) is 6. The summed E-state index contributed by atoms with van der Waals surface area (Å²) in [5, 5.41) is 3.95. The van der Waals surface area contributed by atoms with Gasteiger partial charge in [-0.1, -0.05) is 26.0 Å². The van der Waals surface area contributed by atoms with E-state index < -0.39 is 15.9 Å². The number of hydrogen-bond donors (Lipinski definition) is 1. The average Bonchev–Trinajstić information content (AvgIpc) is 2.76. The molecule has 174 valence electrons. The van der Waals surface area contributed by atoms with E-state index in [1.807, 2.05) is 32.9 Å². The first-order valence-electron chi connectivity index (χ1n) is 10.6. The molecule has 2 aromatic rings. The van der Waals surface area contributed by atoms with Gasteiger partial charge in [0, 0.05) is 0 Å². The first kappa shape index (κ1) is 25.2. The van der Waals surface area contributed by atoms with Crippen molar-refractivity contribution in [2.75, 3.05) is 30.3 Å². The molecule has 0 radical (unpaired) electrons. The third kappa shape index (κ3) is 7.56. The maximum Gasteiger partial charge on any atom is 0.260 e. The van der Waals surface area contributed by atoms with Crippen molar-refractivity contribution in [3.63, 3.8) is 0 Å². The number of hydrazone groups is 1. The first-order chi connectivity index (χ1) is 15.3. The summed E-state index contributed by atoms with van der Waals surface area (Å²) < 4.78 is 36.7. The second-order valence-electron chi connectivity index (χ2n) is 7.07. The van der Waals surface area contributed by atoms with Crippen molar-refractivity contribution in [1.82, 2.24) is 5.43 Å². The number of benzene rings is 2. The van der Waals surface area contributed by atoms with Crippen LogP contribution in [0.4, 0.5) is 5.69 Å². The van der Waals surface area contributed by atoms with Gasteiger partial charge in [-0.3, -0.25) is 9.10 Å². The van der Waals surface area contributed by atoms with Crippen LogP contribution in [0.1, 0.15) is 38.3 Å². The quantitative estimate of drug-likeness (QED) is 0.386. The Bertz CT molecular complexity index is 1020. The Kier molecular flexibility index (Phi) is 9.52. The van der Waals surface area contributed by atoms with Crippen molar-refractivity contribution in [1.29, 1.82) is 0 Å². The number of aryl methyl sites for hydroxylation is 1. The van der Waals surface area contributed by atoms with Crippen molar-refractivity contribution in [2.24, 2.45) is 5.10 Å². The maximum atomic E-state index is 12.4. The predicted octanol–water partition coefficient (Wildman–Crippen LogP) is 3.35. The molecule has 2 rings (SSSR count). The third-order valence-corrected chi connectivity index (χ3v) is 5.59. The minimum atomic E-state index is -3.64. The number of carbonyl (C=O) groups is 1. The van der Waals surface area contributed by atoms with Gasteiger partial charge in [-0.05, 0) is 61.2 Å². The highest BCUT2D eigenvalue weighted by atomic mass is 32.2. The molecule has 0 heterocycles. The molecule has 0 saturated heterocycles. The lowest BCUT2D eigenvalue weighted by Crippen LogP contribution is -2.39. The second-order valence-corrected chi connectivity index (χ2v) is 8.98. The molecule has 0 fully saturated rings. The summed E-state index contributed by atoms with van der Waals surface area (Å²) in [4.78, 5) is 12.4. The fraction of sp³-hybridized carbons (Fsp3) is 0.391. The van der Waals surface area contributed by atoms with Gasteiger partial charge in [0.2, 0.25) is 10.0 Å². The maximum absolute atomic E-state index is 12.4. The second kappa shape index (κ2) is 12.1. The van der Waals surface area contributed by atoms with Crippen molar-refractivity contribution < 1.29 is 22.7 Å². The zero-order valence-electron chi connectivity index (χ0n) is 19.0. The molecule has 0 atom stereocenters. The van der Waals surface area contributed by atoms with E-state index in [0.29, 0.717) is 36.0 Å². The van der Waals surface area contributed by atoms with Crippen LogP contribution < -0.4 is 19.2 Å². The number of ether oxygens (including phenoxy) is 2. The summed E-state index contributed by atoms with van der Waals surface area (Å²) in [7, 11) is -3.64. The highest BCUT2D eigenvalue weighted by molar-refractivity contribution is 7.92. The van der Waals surface area contributed by atoms with E-state index in [4.69, 9.17) is 9.47 Å². The zero-order chi connectivity index (χ0) is 23.6. The molecule has 0 saturated carbocycles. The highest BCUT2D eigenvalue weighted by Gasteiger charge is 2.20. The summed E-state index contributed by atoms with van der Waals surface area (Å²) >= 11 is 0. The Balaban J connectivity index is 2.07. The van der Waals surface area contributed by atoms with Crippen LogP contribution in [0.3, 0.4) is 0 Å². The molecule has 2 aromatic carbocycles. The molecule has 0 aliphatic carbocycles. The number of amides is 1. The fourth-order valence-electron chi connectivity index (χ4n) is 2.85. The molecule has 0 spiro atoms. The van der Waals surface area contributed by atoms with Crippen molar-refractivity contribution in [3.05, 3.63) is 53.6 Å². The molecule has 1 N–H and O–H groups in total. The molecular formula is C23H31N3O5S. The number of rotatable bonds is 12. The summed E-state index contributed by atoms with van der Waals surface area (Å²) in [5.74, 6) is 0.682. The monoisotopic (exact) mass is 461 g/mol. The van der Waals surface area contributed by atoms with Gasteiger partial charge < -0.3 is 9.47 Å². The van der Waals surface area contributed by atoms with E-state index >= 15 is 0 Å². The van der Waals surface area contributed by atoms with E-state index in [0.717, 1.165) is 29.0 Å². The van der Waals surface area contributed by atoms with Crippen LogP contribution in [0, 0.1) is 0 Å². The Hall–Kier alpha value is -3.07. The Morgan fingerprint density at radius 3 is 2.38 bits per heavy atom. The van der Waals surface area contributed by atoms with E-state index in [1.165, 1.54) is 6.21 Å². The molecule has 0 aromatic heterocycles. The molecule has 9 heteroatoms. The molecule has 0 aliphatic heterocycles. The van der Waals surface area contributed by atoms with Crippen LogP contribution in [0.25, 0.3) is 0 Å². The Labute approximate surface area is 190 Å². The number of carbonyl (C=O) groups excluding carboxylic acids is 1. The van der Waals surface area contributed by atoms with Crippen LogP contribution in [0.5, 0.6) is 11.5 Å². The summed E-state index contributed by atoms with van der Waals surface area (Å²) in [6, 6.07) is 12.4. The molecule has 8 nitrogen and oxygen atoms in total. The minimum Gasteiger partial charge on any atom is -0.490 e. The zero-order valence-corrected chi connectivity index (χ0v) is 19.8. The van der Waals surface area contributed by atoms with Crippen LogP contribution in [0.2, 0.25) is 0 Å². The molecular weight excluding hydrogens is 430 g/mol. The van der Waals surface area contributed by atoms with Crippen LogP contribution in [-0.4, -0.2) is 46.6 Å². The van der Waals surface area contributed by atoms with Gasteiger partial charge in [0.1, 0.15) is 6.54 Å². The largest absolute Gasteiger partial charge is 0.490 e. The summed E-state index contributed by atoms with van der Waals surface area (Å²) in [6.45, 7) is 6.61. The molecule has 32 heavy (non-hydrogen) atoms. The first-order valence-corrected chi connectivity index (χ1v) is 12.4. The Morgan fingerprint density at radius 1 is 1.06 bits per heavy atom. The summed E-state index contributed by atoms with van der Waals surface area (Å²) in [6.07, 6.45) is 4.25. The van der Waals surface area contributed by atoms with Crippen LogP contribution in [-0.2, 0) is 21.2 Å². The standard InChI is InChI=1S/C23H31N3O5S/c1-5-14-31-21-13-10-19(15-22(21)30-7-3)16-24-25-23(27)17-26(32(4,28)29)20-11-8-18(6-2)9-12-20/h8-13,15-16H,5-7,14,17H2,1-4H3,(H,25,27)/b24-16-. The van der Waals surface area contributed by atoms with Crippen molar-refractivity contribution >= 4 is 27.8 Å². The third-order valence-electron chi connectivity index (χ3n) is 4.45. The average molecular weight is 462 g/mol. The fourth-order valence-corrected chi connectivity index (χ4v) is 3.70. The van der Waals surface area contributed by atoms with Gasteiger partial charge in [0.25, 0.3) is 5.91 Å². The van der Waals surface area contributed by atoms with Gasteiger partial charge in [0.05, 0.1) is 31.4 Å². The van der Waals surface area contributed by atoms with Gasteiger partial charge in [-0.2, -0.15) is 5.10 Å². The van der Waals surface area contributed by atoms with E-state index in [2.05, 4.69) is 10.5 Å². The number of sulfonamides is 1. The lowest BCUT2D eigenvalue weighted by atomic mass is 10.1. The molecule has 0 bridgehead atoms. The lowest BCUT2D eigenvalue weighted by molar-refractivity contribution is -0.119. The highest BCUT2D eigenvalue weighted by Crippen LogP contribution is 2.28. The van der Waals surface area contributed by atoms with Crippen molar-refractivity contribution in [2.45, 2.75) is 33.6 Å². The minimum absolute atomic E-state index is 0.379. The van der Waals surface area contributed by atoms with Crippen LogP contribution in [0.15, 0.2) is 47.6 Å². The molecule has 0 aliphatic rings. The molecule has 0 unspecified atom stereocenters. The predicted molar refractivity (Wildman–Crippen MR) is 127 cm³/mol. The van der Waals surface area contributed by atoms with Gasteiger partial charge >= 0.3 is 0 Å². The number of nitrogens with zero attached hydrogens (tertiary/aromatic N) is 2. The number of nitrogens with one attached hydrogen (secondary N) is 1. The summed E-state index contributed by atoms with van der Waals surface area (Å²) in [5.41, 5.74) is 4.58. The molecule has 1 amide bonds. The van der Waals surface area contributed by atoms with Crippen LogP contribution >= 0.6 is 0 Å². The smallest absolute Gasteiger partial charge is 0.260 e. The van der Waals surface area contributed by atoms with Gasteiger partial charge in [-0.25, -0.2) is 13.8 Å². The van der Waals surface area contributed by atoms with E-state index in [9.17, 15) is 13.2 Å². The van der Waals surface area contributed by atoms with Gasteiger partial charge in [0.15, 0.2) is 11.5 Å². The number of anilines is 1. The lowest BCUT2D eigenvalue weighted by Gasteiger charge is -2.21. The van der Waals surface area contributed by atoms with Gasteiger partial charge in [-0.15, -0.1) is 0 Å². The topological polar surface area (TPSA) is 97.3 Å². The normalized spacial score (nSPS) is 11.4.